The Morgan fingerprint density at radius 2 is 2.11 bits per heavy atom. The van der Waals surface area contributed by atoms with Crippen molar-refractivity contribution in [2.75, 3.05) is 6.54 Å². The third-order valence-corrected chi connectivity index (χ3v) is 4.19. The number of piperidine rings is 1. The lowest BCUT2D eigenvalue weighted by molar-refractivity contribution is 0.0921. The van der Waals surface area contributed by atoms with Crippen LogP contribution in [-0.2, 0) is 0 Å². The zero-order valence-electron chi connectivity index (χ0n) is 10.4. The van der Waals surface area contributed by atoms with Crippen molar-refractivity contribution in [3.05, 3.63) is 21.4 Å². The number of halogens is 2. The van der Waals surface area contributed by atoms with Gasteiger partial charge in [-0.15, -0.1) is 0 Å². The maximum atomic E-state index is 12.1. The van der Waals surface area contributed by atoms with Crippen LogP contribution in [0.5, 0.6) is 0 Å². The van der Waals surface area contributed by atoms with Crippen LogP contribution in [0.1, 0.15) is 35.9 Å². The van der Waals surface area contributed by atoms with Crippen molar-refractivity contribution >= 4 is 29.1 Å². The molecule has 1 aromatic rings. The molecule has 0 saturated carbocycles. The first-order valence-corrected chi connectivity index (χ1v) is 6.82. The third kappa shape index (κ3) is 2.82. The van der Waals surface area contributed by atoms with Gasteiger partial charge in [0.05, 0.1) is 10.0 Å². The second-order valence-electron chi connectivity index (χ2n) is 4.80. The molecule has 6 heteroatoms. The number of amides is 1. The molecule has 0 bridgehead atoms. The highest BCUT2D eigenvalue weighted by atomic mass is 35.5. The van der Waals surface area contributed by atoms with Crippen LogP contribution in [0, 0.1) is 6.92 Å². The fraction of sp³-hybridized carbons (Fsp3) is 0.583. The summed E-state index contributed by atoms with van der Waals surface area (Å²) in [6, 6.07) is 0.612. The summed E-state index contributed by atoms with van der Waals surface area (Å²) in [7, 11) is 0. The average molecular weight is 290 g/mol. The normalized spacial score (nSPS) is 24.0. The number of carbonyl (C=O) groups excluding carboxylic acids is 1. The topological polar surface area (TPSA) is 56.9 Å². The molecule has 1 aliphatic rings. The number of aromatic nitrogens is 1. The summed E-state index contributed by atoms with van der Waals surface area (Å²) in [4.78, 5) is 15.0. The van der Waals surface area contributed by atoms with Crippen molar-refractivity contribution in [1.82, 2.24) is 15.6 Å². The predicted octanol–water partition coefficient (Wildman–Crippen LogP) is 2.50. The quantitative estimate of drug-likeness (QED) is 0.784. The van der Waals surface area contributed by atoms with E-state index in [9.17, 15) is 4.79 Å². The average Bonchev–Trinajstić information content (AvgIpc) is 2.57. The molecule has 1 saturated heterocycles. The van der Waals surface area contributed by atoms with Crippen LogP contribution in [0.4, 0.5) is 0 Å². The van der Waals surface area contributed by atoms with Gasteiger partial charge in [-0.05, 0) is 33.2 Å². The molecule has 1 aromatic heterocycles. The molecule has 2 heterocycles. The molecule has 2 unspecified atom stereocenters. The second-order valence-corrected chi connectivity index (χ2v) is 5.56. The zero-order chi connectivity index (χ0) is 13.3. The van der Waals surface area contributed by atoms with Gasteiger partial charge in [-0.25, -0.2) is 0 Å². The van der Waals surface area contributed by atoms with Gasteiger partial charge in [0, 0.05) is 17.8 Å². The van der Waals surface area contributed by atoms with E-state index in [0.717, 1.165) is 19.4 Å². The van der Waals surface area contributed by atoms with E-state index in [1.165, 1.54) is 0 Å². The Labute approximate surface area is 116 Å². The Balaban J connectivity index is 2.05. The first-order valence-electron chi connectivity index (χ1n) is 6.07. The Hall–Kier alpha value is -0.710. The molecule has 2 rings (SSSR count). The molecule has 0 radical (unpaired) electrons. The van der Waals surface area contributed by atoms with E-state index in [1.807, 2.05) is 0 Å². The predicted molar refractivity (Wildman–Crippen MR) is 73.5 cm³/mol. The first kappa shape index (κ1) is 13.7. The SMILES string of the molecule is Cc1[nH]c(C(=O)NC2CCNC(C)C2)c(Cl)c1Cl. The fourth-order valence-electron chi connectivity index (χ4n) is 2.25. The van der Waals surface area contributed by atoms with Crippen LogP contribution in [0.3, 0.4) is 0 Å². The smallest absolute Gasteiger partial charge is 0.269 e. The maximum absolute atomic E-state index is 12.1. The molecule has 1 amide bonds. The Bertz CT molecular complexity index is 458. The number of nitrogens with one attached hydrogen (secondary N) is 3. The van der Waals surface area contributed by atoms with Gasteiger partial charge in [-0.2, -0.15) is 0 Å². The number of hydrogen-bond donors (Lipinski definition) is 3. The van der Waals surface area contributed by atoms with Crippen molar-refractivity contribution in [2.24, 2.45) is 0 Å². The van der Waals surface area contributed by atoms with Gasteiger partial charge in [0.1, 0.15) is 5.69 Å². The molecular weight excluding hydrogens is 273 g/mol. The number of rotatable bonds is 2. The summed E-state index contributed by atoms with van der Waals surface area (Å²) in [5.41, 5.74) is 1.07. The third-order valence-electron chi connectivity index (χ3n) is 3.24. The summed E-state index contributed by atoms with van der Waals surface area (Å²) in [6.45, 7) is 4.82. The summed E-state index contributed by atoms with van der Waals surface area (Å²) < 4.78 is 0. The van der Waals surface area contributed by atoms with Gasteiger partial charge < -0.3 is 15.6 Å². The van der Waals surface area contributed by atoms with Gasteiger partial charge >= 0.3 is 0 Å². The summed E-state index contributed by atoms with van der Waals surface area (Å²) in [6.07, 6.45) is 1.86. The molecule has 2 atom stereocenters. The van der Waals surface area contributed by atoms with Crippen LogP contribution in [-0.4, -0.2) is 29.5 Å². The Morgan fingerprint density at radius 3 is 2.67 bits per heavy atom. The molecule has 1 aliphatic heterocycles. The van der Waals surface area contributed by atoms with E-state index in [2.05, 4.69) is 22.5 Å². The minimum absolute atomic E-state index is 0.186. The minimum atomic E-state index is -0.186. The van der Waals surface area contributed by atoms with E-state index in [4.69, 9.17) is 23.2 Å². The van der Waals surface area contributed by atoms with Crippen LogP contribution in [0.15, 0.2) is 0 Å². The van der Waals surface area contributed by atoms with E-state index < -0.39 is 0 Å². The Morgan fingerprint density at radius 1 is 1.39 bits per heavy atom. The van der Waals surface area contributed by atoms with Gasteiger partial charge in [0.2, 0.25) is 0 Å². The highest BCUT2D eigenvalue weighted by Crippen LogP contribution is 2.29. The molecule has 1 fully saturated rings. The highest BCUT2D eigenvalue weighted by Gasteiger charge is 2.23. The molecule has 0 spiro atoms. The molecule has 0 aliphatic carbocycles. The lowest BCUT2D eigenvalue weighted by Crippen LogP contribution is -2.46. The van der Waals surface area contributed by atoms with Crippen molar-refractivity contribution in [3.63, 3.8) is 0 Å². The molecule has 3 N–H and O–H groups in total. The van der Waals surface area contributed by atoms with Gasteiger partial charge in [0.25, 0.3) is 5.91 Å². The molecule has 100 valence electrons. The van der Waals surface area contributed by atoms with Gasteiger partial charge in [-0.1, -0.05) is 23.2 Å². The van der Waals surface area contributed by atoms with Crippen LogP contribution < -0.4 is 10.6 Å². The van der Waals surface area contributed by atoms with Crippen molar-refractivity contribution < 1.29 is 4.79 Å². The van der Waals surface area contributed by atoms with E-state index in [-0.39, 0.29) is 11.9 Å². The van der Waals surface area contributed by atoms with Crippen LogP contribution >= 0.6 is 23.2 Å². The fourth-order valence-corrected chi connectivity index (χ4v) is 2.67. The van der Waals surface area contributed by atoms with Crippen molar-refractivity contribution in [1.29, 1.82) is 0 Å². The van der Waals surface area contributed by atoms with Gasteiger partial charge in [0.15, 0.2) is 0 Å². The molecule has 4 nitrogen and oxygen atoms in total. The lowest BCUT2D eigenvalue weighted by Gasteiger charge is -2.28. The summed E-state index contributed by atoms with van der Waals surface area (Å²) in [5, 5.41) is 7.05. The number of carbonyl (C=O) groups is 1. The number of aromatic amines is 1. The monoisotopic (exact) mass is 289 g/mol. The van der Waals surface area contributed by atoms with Gasteiger partial charge in [-0.3, -0.25) is 4.79 Å². The zero-order valence-corrected chi connectivity index (χ0v) is 12.0. The second kappa shape index (κ2) is 5.51. The lowest BCUT2D eigenvalue weighted by atomic mass is 10.0. The largest absolute Gasteiger partial charge is 0.352 e. The minimum Gasteiger partial charge on any atom is -0.352 e. The number of aryl methyl sites for hydroxylation is 1. The van der Waals surface area contributed by atoms with Crippen LogP contribution in [0.25, 0.3) is 0 Å². The summed E-state index contributed by atoms with van der Waals surface area (Å²) in [5.74, 6) is -0.186. The van der Waals surface area contributed by atoms with Crippen LogP contribution in [0.2, 0.25) is 10.0 Å². The molecular formula is C12H17Cl2N3O. The number of H-pyrrole nitrogens is 1. The van der Waals surface area contributed by atoms with Crippen molar-refractivity contribution in [3.8, 4) is 0 Å². The Kier molecular flexibility index (Phi) is 4.20. The van der Waals surface area contributed by atoms with Crippen molar-refractivity contribution in [2.45, 2.75) is 38.8 Å². The first-order chi connectivity index (χ1) is 8.49. The molecule has 18 heavy (non-hydrogen) atoms. The molecule has 0 aromatic carbocycles. The standard InChI is InChI=1S/C12H17Cl2N3O/c1-6-5-8(3-4-15-6)17-12(18)11-10(14)9(13)7(2)16-11/h6,8,15-16H,3-5H2,1-2H3,(H,17,18). The van der Waals surface area contributed by atoms with E-state index >= 15 is 0 Å². The van der Waals surface area contributed by atoms with E-state index in [0.29, 0.717) is 27.5 Å². The highest BCUT2D eigenvalue weighted by molar-refractivity contribution is 6.44. The summed E-state index contributed by atoms with van der Waals surface area (Å²) >= 11 is 12.0. The van der Waals surface area contributed by atoms with E-state index in [1.54, 1.807) is 6.92 Å². The maximum Gasteiger partial charge on any atom is 0.269 e. The number of hydrogen-bond acceptors (Lipinski definition) is 2.